The van der Waals surface area contributed by atoms with Gasteiger partial charge in [0.2, 0.25) is 0 Å². The van der Waals surface area contributed by atoms with Crippen molar-refractivity contribution in [3.8, 4) is 5.69 Å². The van der Waals surface area contributed by atoms with Crippen LogP contribution in [0.3, 0.4) is 0 Å². The molecule has 0 radical (unpaired) electrons. The number of aromatic nitrogens is 2. The molecule has 0 saturated carbocycles. The molecule has 0 aliphatic rings. The Morgan fingerprint density at radius 1 is 1.35 bits per heavy atom. The number of nitrogens with one attached hydrogen (secondary N) is 1. The second-order valence-electron chi connectivity index (χ2n) is 5.61. The van der Waals surface area contributed by atoms with Gasteiger partial charge in [-0.15, -0.1) is 0 Å². The third-order valence-corrected chi connectivity index (χ3v) is 3.77. The average molecular weight is 361 g/mol. The Hall–Kier alpha value is -2.71. The number of nitrogens with zero attached hydrogens (tertiary/aromatic N) is 2. The number of benzene rings is 1. The number of carboxylic acid groups (broad SMARTS) is 1. The zero-order chi connectivity index (χ0) is 19.1. The molecule has 1 atom stereocenters. The lowest BCUT2D eigenvalue weighted by atomic mass is 10.2. The Bertz CT molecular complexity index is 772. The summed E-state index contributed by atoms with van der Waals surface area (Å²) in [7, 11) is 0. The highest BCUT2D eigenvalue weighted by Crippen LogP contribution is 2.18. The number of anilines is 1. The molecule has 26 heavy (non-hydrogen) atoms. The van der Waals surface area contributed by atoms with Gasteiger partial charge in [-0.3, -0.25) is 4.79 Å². The van der Waals surface area contributed by atoms with Gasteiger partial charge in [0.05, 0.1) is 30.8 Å². The second-order valence-corrected chi connectivity index (χ2v) is 5.61. The Balaban J connectivity index is 2.05. The van der Waals surface area contributed by atoms with E-state index in [1.807, 2.05) is 6.92 Å². The Kier molecular flexibility index (Phi) is 6.88. The molecule has 1 aromatic heterocycles. The first-order chi connectivity index (χ1) is 12.4. The number of aromatic carboxylic acids is 1. The van der Waals surface area contributed by atoms with Crippen LogP contribution in [0, 0.1) is 6.92 Å². The molecule has 0 bridgehead atoms. The van der Waals surface area contributed by atoms with Crippen molar-refractivity contribution in [2.45, 2.75) is 26.9 Å². The number of rotatable bonds is 9. The lowest BCUT2D eigenvalue weighted by Gasteiger charge is -2.14. The summed E-state index contributed by atoms with van der Waals surface area (Å²) in [5.74, 6) is -1.31. The fourth-order valence-electron chi connectivity index (χ4n) is 2.34. The standard InChI is InChI=1S/C18H23N3O5/c1-4-25-8-9-26-13(3)17(22)20-14-6-5-7-15(10-14)21-12(2)16(11-19-21)18(23)24/h5-7,10-11,13H,4,8-9H2,1-3H3,(H,20,22)(H,23,24). The number of carbonyl (C=O) groups is 2. The Morgan fingerprint density at radius 3 is 2.77 bits per heavy atom. The van der Waals surface area contributed by atoms with Crippen LogP contribution in [0.5, 0.6) is 0 Å². The minimum absolute atomic E-state index is 0.135. The third kappa shape index (κ3) is 4.90. The first-order valence-electron chi connectivity index (χ1n) is 8.32. The van der Waals surface area contributed by atoms with E-state index in [0.717, 1.165) is 0 Å². The van der Waals surface area contributed by atoms with Gasteiger partial charge in [-0.2, -0.15) is 5.10 Å². The topological polar surface area (TPSA) is 103 Å². The molecule has 1 unspecified atom stereocenters. The second kappa shape index (κ2) is 9.12. The minimum Gasteiger partial charge on any atom is -0.478 e. The molecule has 2 aromatic rings. The van der Waals surface area contributed by atoms with Gasteiger partial charge in [-0.05, 0) is 39.0 Å². The van der Waals surface area contributed by atoms with Crippen LogP contribution in [-0.4, -0.2) is 52.7 Å². The summed E-state index contributed by atoms with van der Waals surface area (Å²) in [5, 5.41) is 16.0. The molecule has 0 fully saturated rings. The predicted octanol–water partition coefficient (Wildman–Crippen LogP) is 2.26. The fraction of sp³-hybridized carbons (Fsp3) is 0.389. The van der Waals surface area contributed by atoms with Crippen LogP contribution < -0.4 is 5.32 Å². The van der Waals surface area contributed by atoms with Gasteiger partial charge < -0.3 is 19.9 Å². The van der Waals surface area contributed by atoms with Crippen molar-refractivity contribution in [3.63, 3.8) is 0 Å². The number of hydrogen-bond donors (Lipinski definition) is 2. The summed E-state index contributed by atoms with van der Waals surface area (Å²) in [5.41, 5.74) is 1.86. The lowest BCUT2D eigenvalue weighted by Crippen LogP contribution is -2.28. The Morgan fingerprint density at radius 2 is 2.12 bits per heavy atom. The molecule has 8 nitrogen and oxygen atoms in total. The number of carboxylic acids is 1. The smallest absolute Gasteiger partial charge is 0.339 e. The fourth-order valence-corrected chi connectivity index (χ4v) is 2.34. The highest BCUT2D eigenvalue weighted by Gasteiger charge is 2.16. The van der Waals surface area contributed by atoms with Gasteiger partial charge in [0.15, 0.2) is 0 Å². The number of amides is 1. The quantitative estimate of drug-likeness (QED) is 0.664. The van der Waals surface area contributed by atoms with E-state index < -0.39 is 12.1 Å². The van der Waals surface area contributed by atoms with Crippen LogP contribution in [0.1, 0.15) is 29.9 Å². The van der Waals surface area contributed by atoms with Crippen molar-refractivity contribution in [2.24, 2.45) is 0 Å². The van der Waals surface area contributed by atoms with Crippen LogP contribution in [0.15, 0.2) is 30.5 Å². The monoisotopic (exact) mass is 361 g/mol. The van der Waals surface area contributed by atoms with Crippen LogP contribution >= 0.6 is 0 Å². The first-order valence-corrected chi connectivity index (χ1v) is 8.32. The first kappa shape index (κ1) is 19.6. The molecular weight excluding hydrogens is 338 g/mol. The molecule has 1 heterocycles. The predicted molar refractivity (Wildman–Crippen MR) is 95.8 cm³/mol. The molecule has 8 heteroatoms. The SMILES string of the molecule is CCOCCOC(C)C(=O)Nc1cccc(-n2ncc(C(=O)O)c2C)c1. The van der Waals surface area contributed by atoms with E-state index >= 15 is 0 Å². The van der Waals surface area contributed by atoms with Crippen molar-refractivity contribution in [3.05, 3.63) is 41.7 Å². The molecule has 2 N–H and O–H groups in total. The van der Waals surface area contributed by atoms with E-state index in [9.17, 15) is 9.59 Å². The van der Waals surface area contributed by atoms with Crippen molar-refractivity contribution in [1.29, 1.82) is 0 Å². The number of hydrogen-bond acceptors (Lipinski definition) is 5. The van der Waals surface area contributed by atoms with Crippen LogP contribution in [0.4, 0.5) is 5.69 Å². The molecule has 0 aliphatic carbocycles. The van der Waals surface area contributed by atoms with Gasteiger partial charge in [0.1, 0.15) is 11.7 Å². The van der Waals surface area contributed by atoms with Crippen molar-refractivity contribution in [1.82, 2.24) is 9.78 Å². The van der Waals surface area contributed by atoms with Crippen LogP contribution in [-0.2, 0) is 14.3 Å². The van der Waals surface area contributed by atoms with Crippen molar-refractivity contribution < 1.29 is 24.2 Å². The van der Waals surface area contributed by atoms with Gasteiger partial charge in [0, 0.05) is 12.3 Å². The number of ether oxygens (including phenoxy) is 2. The molecule has 1 amide bonds. The highest BCUT2D eigenvalue weighted by atomic mass is 16.5. The third-order valence-electron chi connectivity index (χ3n) is 3.77. The molecule has 0 saturated heterocycles. The summed E-state index contributed by atoms with van der Waals surface area (Å²) in [6, 6.07) is 7.00. The maximum absolute atomic E-state index is 12.2. The summed E-state index contributed by atoms with van der Waals surface area (Å²) in [6.07, 6.45) is 0.682. The normalized spacial score (nSPS) is 12.0. The van der Waals surface area contributed by atoms with E-state index in [2.05, 4.69) is 10.4 Å². The number of carbonyl (C=O) groups excluding carboxylic acids is 1. The molecule has 1 aromatic carbocycles. The average Bonchev–Trinajstić information content (AvgIpc) is 3.00. The minimum atomic E-state index is -1.03. The van der Waals surface area contributed by atoms with E-state index in [-0.39, 0.29) is 11.5 Å². The van der Waals surface area contributed by atoms with Gasteiger partial charge >= 0.3 is 5.97 Å². The maximum Gasteiger partial charge on any atom is 0.339 e. The van der Waals surface area contributed by atoms with E-state index in [0.29, 0.717) is 36.9 Å². The molecule has 2 rings (SSSR count). The summed E-state index contributed by atoms with van der Waals surface area (Å²) in [4.78, 5) is 23.4. The largest absolute Gasteiger partial charge is 0.478 e. The molecular formula is C18H23N3O5. The van der Waals surface area contributed by atoms with Gasteiger partial charge in [0.25, 0.3) is 5.91 Å². The maximum atomic E-state index is 12.2. The summed E-state index contributed by atoms with van der Waals surface area (Å²) >= 11 is 0. The summed E-state index contributed by atoms with van der Waals surface area (Å²) < 4.78 is 12.1. The molecule has 140 valence electrons. The molecule has 0 aliphatic heterocycles. The van der Waals surface area contributed by atoms with Crippen molar-refractivity contribution in [2.75, 3.05) is 25.1 Å². The lowest BCUT2D eigenvalue weighted by molar-refractivity contribution is -0.127. The van der Waals surface area contributed by atoms with Crippen LogP contribution in [0.2, 0.25) is 0 Å². The van der Waals surface area contributed by atoms with E-state index in [1.165, 1.54) is 10.9 Å². The van der Waals surface area contributed by atoms with Gasteiger partial charge in [-0.1, -0.05) is 6.07 Å². The summed E-state index contributed by atoms with van der Waals surface area (Å²) in [6.45, 7) is 6.62. The zero-order valence-electron chi connectivity index (χ0n) is 15.1. The van der Waals surface area contributed by atoms with Crippen molar-refractivity contribution >= 4 is 17.6 Å². The van der Waals surface area contributed by atoms with E-state index in [1.54, 1.807) is 38.1 Å². The molecule has 0 spiro atoms. The van der Waals surface area contributed by atoms with Crippen LogP contribution in [0.25, 0.3) is 5.69 Å². The Labute approximate surface area is 151 Å². The zero-order valence-corrected chi connectivity index (χ0v) is 15.1. The van der Waals surface area contributed by atoms with Gasteiger partial charge in [-0.25, -0.2) is 9.48 Å². The highest BCUT2D eigenvalue weighted by molar-refractivity contribution is 5.94. The van der Waals surface area contributed by atoms with E-state index in [4.69, 9.17) is 14.6 Å².